The molecule has 1 aliphatic carbocycles. The van der Waals surface area contributed by atoms with E-state index in [9.17, 15) is 0 Å². The SMILES string of the molecule is CNC(c1ccc(C2CCC2)cc1)C(C)(C)OC. The molecule has 0 aromatic heterocycles. The fourth-order valence-corrected chi connectivity index (χ4v) is 2.74. The molecule has 100 valence electrons. The standard InChI is InChI=1S/C16H25NO/c1-16(2,18-4)15(17-3)14-10-8-13(9-11-14)12-6-5-7-12/h8-12,15,17H,5-7H2,1-4H3. The monoisotopic (exact) mass is 247 g/mol. The Morgan fingerprint density at radius 3 is 2.22 bits per heavy atom. The molecule has 1 fully saturated rings. The molecular formula is C16H25NO. The summed E-state index contributed by atoms with van der Waals surface area (Å²) in [6.07, 6.45) is 4.11. The highest BCUT2D eigenvalue weighted by Gasteiger charge is 2.29. The molecule has 1 unspecified atom stereocenters. The molecule has 0 saturated heterocycles. The maximum Gasteiger partial charge on any atom is 0.0816 e. The van der Waals surface area contributed by atoms with Crippen molar-refractivity contribution in [3.05, 3.63) is 35.4 Å². The molecule has 1 aliphatic rings. The van der Waals surface area contributed by atoms with Crippen molar-refractivity contribution in [3.8, 4) is 0 Å². The smallest absolute Gasteiger partial charge is 0.0816 e. The van der Waals surface area contributed by atoms with Gasteiger partial charge in [0.25, 0.3) is 0 Å². The van der Waals surface area contributed by atoms with Gasteiger partial charge in [-0.05, 0) is 50.8 Å². The molecule has 0 heterocycles. The Labute approximate surface area is 111 Å². The lowest BCUT2D eigenvalue weighted by Gasteiger charge is -2.33. The summed E-state index contributed by atoms with van der Waals surface area (Å²) < 4.78 is 5.59. The molecule has 1 aromatic rings. The van der Waals surface area contributed by atoms with Gasteiger partial charge in [-0.25, -0.2) is 0 Å². The van der Waals surface area contributed by atoms with Crippen molar-refractivity contribution in [2.75, 3.05) is 14.2 Å². The molecule has 2 heteroatoms. The minimum absolute atomic E-state index is 0.202. The van der Waals surface area contributed by atoms with Gasteiger partial charge in [-0.1, -0.05) is 30.7 Å². The summed E-state index contributed by atoms with van der Waals surface area (Å²) in [6, 6.07) is 9.29. The second-order valence-corrected chi connectivity index (χ2v) is 5.82. The van der Waals surface area contributed by atoms with E-state index in [1.807, 2.05) is 7.05 Å². The second kappa shape index (κ2) is 5.41. The Morgan fingerprint density at radius 1 is 1.22 bits per heavy atom. The van der Waals surface area contributed by atoms with Crippen molar-refractivity contribution in [2.45, 2.75) is 50.7 Å². The van der Waals surface area contributed by atoms with Gasteiger partial charge in [-0.2, -0.15) is 0 Å². The number of ether oxygens (including phenoxy) is 1. The highest BCUT2D eigenvalue weighted by molar-refractivity contribution is 5.29. The summed E-state index contributed by atoms with van der Waals surface area (Å²) in [5.41, 5.74) is 2.59. The van der Waals surface area contributed by atoms with Gasteiger partial charge in [-0.3, -0.25) is 0 Å². The van der Waals surface area contributed by atoms with Crippen LogP contribution in [0.1, 0.15) is 56.2 Å². The summed E-state index contributed by atoms with van der Waals surface area (Å²) >= 11 is 0. The fourth-order valence-electron chi connectivity index (χ4n) is 2.74. The zero-order valence-electron chi connectivity index (χ0n) is 12.0. The summed E-state index contributed by atoms with van der Waals surface area (Å²) in [5.74, 6) is 0.808. The molecule has 0 aliphatic heterocycles. The molecule has 1 N–H and O–H groups in total. The first-order chi connectivity index (χ1) is 8.58. The van der Waals surface area contributed by atoms with E-state index in [0.29, 0.717) is 0 Å². The molecule has 18 heavy (non-hydrogen) atoms. The van der Waals surface area contributed by atoms with Crippen LogP contribution in [0.15, 0.2) is 24.3 Å². The van der Waals surface area contributed by atoms with Crippen molar-refractivity contribution in [2.24, 2.45) is 0 Å². The predicted molar refractivity (Wildman–Crippen MR) is 75.9 cm³/mol. The van der Waals surface area contributed by atoms with E-state index in [1.54, 1.807) is 7.11 Å². The Bertz CT molecular complexity index is 379. The molecule has 1 saturated carbocycles. The number of rotatable bonds is 5. The molecular weight excluding hydrogens is 222 g/mol. The largest absolute Gasteiger partial charge is 0.377 e. The lowest BCUT2D eigenvalue weighted by Crippen LogP contribution is -2.39. The van der Waals surface area contributed by atoms with Crippen molar-refractivity contribution in [1.82, 2.24) is 5.32 Å². The van der Waals surface area contributed by atoms with Crippen LogP contribution < -0.4 is 5.32 Å². The molecule has 1 atom stereocenters. The second-order valence-electron chi connectivity index (χ2n) is 5.82. The van der Waals surface area contributed by atoms with Crippen LogP contribution >= 0.6 is 0 Å². The summed E-state index contributed by atoms with van der Waals surface area (Å²) in [7, 11) is 3.76. The van der Waals surface area contributed by atoms with Crippen LogP contribution in [0.2, 0.25) is 0 Å². The average molecular weight is 247 g/mol. The molecule has 2 nitrogen and oxygen atoms in total. The first-order valence-electron chi connectivity index (χ1n) is 6.90. The van der Waals surface area contributed by atoms with Gasteiger partial charge in [0.2, 0.25) is 0 Å². The van der Waals surface area contributed by atoms with Crippen LogP contribution in [0.3, 0.4) is 0 Å². The lowest BCUT2D eigenvalue weighted by molar-refractivity contribution is -0.00899. The number of hydrogen-bond donors (Lipinski definition) is 1. The predicted octanol–water partition coefficient (Wildman–Crippen LogP) is 3.64. The maximum atomic E-state index is 5.59. The minimum Gasteiger partial charge on any atom is -0.377 e. The van der Waals surface area contributed by atoms with Crippen LogP contribution in [0.25, 0.3) is 0 Å². The van der Waals surface area contributed by atoms with E-state index in [-0.39, 0.29) is 11.6 Å². The maximum absolute atomic E-state index is 5.59. The van der Waals surface area contributed by atoms with Crippen LogP contribution in [0, 0.1) is 0 Å². The molecule has 0 radical (unpaired) electrons. The Kier molecular flexibility index (Phi) is 4.08. The number of hydrogen-bond acceptors (Lipinski definition) is 2. The zero-order chi connectivity index (χ0) is 13.2. The summed E-state index contributed by atoms with van der Waals surface area (Å²) in [5, 5.41) is 3.36. The fraction of sp³-hybridized carbons (Fsp3) is 0.625. The van der Waals surface area contributed by atoms with E-state index in [1.165, 1.54) is 30.4 Å². The number of methoxy groups -OCH3 is 1. The van der Waals surface area contributed by atoms with Gasteiger partial charge >= 0.3 is 0 Å². The zero-order valence-corrected chi connectivity index (χ0v) is 12.0. The Balaban J connectivity index is 2.16. The van der Waals surface area contributed by atoms with E-state index >= 15 is 0 Å². The highest BCUT2D eigenvalue weighted by atomic mass is 16.5. The lowest BCUT2D eigenvalue weighted by atomic mass is 9.79. The highest BCUT2D eigenvalue weighted by Crippen LogP contribution is 2.37. The van der Waals surface area contributed by atoms with Crippen LogP contribution in [-0.4, -0.2) is 19.8 Å². The van der Waals surface area contributed by atoms with E-state index < -0.39 is 0 Å². The molecule has 0 amide bonds. The number of benzene rings is 1. The van der Waals surface area contributed by atoms with Crippen LogP contribution in [0.5, 0.6) is 0 Å². The van der Waals surface area contributed by atoms with Crippen molar-refractivity contribution in [3.63, 3.8) is 0 Å². The third-order valence-corrected chi connectivity index (χ3v) is 4.36. The van der Waals surface area contributed by atoms with Crippen LogP contribution in [-0.2, 0) is 4.74 Å². The molecule has 0 spiro atoms. The quantitative estimate of drug-likeness (QED) is 0.857. The van der Waals surface area contributed by atoms with Gasteiger partial charge in [0.05, 0.1) is 11.6 Å². The van der Waals surface area contributed by atoms with E-state index in [4.69, 9.17) is 4.74 Å². The molecule has 2 rings (SSSR count). The van der Waals surface area contributed by atoms with Crippen LogP contribution in [0.4, 0.5) is 0 Å². The first kappa shape index (κ1) is 13.6. The number of likely N-dealkylation sites (N-methyl/N-ethyl adjacent to an activating group) is 1. The van der Waals surface area contributed by atoms with Gasteiger partial charge in [-0.15, -0.1) is 0 Å². The Morgan fingerprint density at radius 2 is 1.83 bits per heavy atom. The molecule has 1 aromatic carbocycles. The van der Waals surface area contributed by atoms with Gasteiger partial charge < -0.3 is 10.1 Å². The number of nitrogens with one attached hydrogen (secondary N) is 1. The third-order valence-electron chi connectivity index (χ3n) is 4.36. The van der Waals surface area contributed by atoms with E-state index in [2.05, 4.69) is 43.4 Å². The first-order valence-corrected chi connectivity index (χ1v) is 6.90. The topological polar surface area (TPSA) is 21.3 Å². The van der Waals surface area contributed by atoms with Crippen molar-refractivity contribution < 1.29 is 4.74 Å². The summed E-state index contributed by atoms with van der Waals surface area (Å²) in [6.45, 7) is 4.24. The van der Waals surface area contributed by atoms with E-state index in [0.717, 1.165) is 5.92 Å². The van der Waals surface area contributed by atoms with Crippen molar-refractivity contribution >= 4 is 0 Å². The molecule has 0 bridgehead atoms. The minimum atomic E-state index is -0.202. The van der Waals surface area contributed by atoms with Gasteiger partial charge in [0.1, 0.15) is 0 Å². The van der Waals surface area contributed by atoms with Gasteiger partial charge in [0.15, 0.2) is 0 Å². The average Bonchev–Trinajstić information content (AvgIpc) is 2.30. The van der Waals surface area contributed by atoms with Crippen molar-refractivity contribution in [1.29, 1.82) is 0 Å². The normalized spacial score (nSPS) is 18.4. The summed E-state index contributed by atoms with van der Waals surface area (Å²) in [4.78, 5) is 0. The van der Waals surface area contributed by atoms with Gasteiger partial charge in [0, 0.05) is 7.11 Å². The Hall–Kier alpha value is -0.860. The third kappa shape index (κ3) is 2.60.